The first-order valence-corrected chi connectivity index (χ1v) is 6.01. The van der Waals surface area contributed by atoms with Crippen LogP contribution in [0.1, 0.15) is 13.8 Å². The first-order chi connectivity index (χ1) is 7.06. The van der Waals surface area contributed by atoms with E-state index in [1.54, 1.807) is 6.20 Å². The van der Waals surface area contributed by atoms with Crippen molar-refractivity contribution in [1.29, 1.82) is 0 Å². The van der Waals surface area contributed by atoms with Gasteiger partial charge in [-0.2, -0.15) is 0 Å². The molecule has 1 aromatic rings. The molecule has 3 nitrogen and oxygen atoms in total. The molecule has 0 bridgehead atoms. The van der Waals surface area contributed by atoms with Crippen LogP contribution >= 0.6 is 27.5 Å². The van der Waals surface area contributed by atoms with E-state index in [0.717, 1.165) is 16.8 Å². The largest absolute Gasteiger partial charge is 0.352 e. The predicted octanol–water partition coefficient (Wildman–Crippen LogP) is 2.67. The predicted molar refractivity (Wildman–Crippen MR) is 68.5 cm³/mol. The zero-order valence-corrected chi connectivity index (χ0v) is 11.2. The van der Waals surface area contributed by atoms with Crippen LogP contribution in [-0.4, -0.2) is 24.1 Å². The minimum absolute atomic E-state index is 0.360. The Balaban J connectivity index is 3.00. The van der Waals surface area contributed by atoms with Crippen LogP contribution in [0.3, 0.4) is 0 Å². The highest BCUT2D eigenvalue weighted by Gasteiger charge is 2.14. The van der Waals surface area contributed by atoms with Crippen LogP contribution < -0.4 is 10.6 Å². The molecule has 2 N–H and O–H groups in total. The standard InChI is InChI=1S/C10H15BrClN3/c1-7(2)15(4-3-13)10-9(11)5-8(12)6-14-10/h5-7H,3-4,13H2,1-2H3. The quantitative estimate of drug-likeness (QED) is 0.928. The molecule has 0 radical (unpaired) electrons. The minimum atomic E-state index is 0.360. The van der Waals surface area contributed by atoms with Gasteiger partial charge in [0.15, 0.2) is 0 Å². The van der Waals surface area contributed by atoms with Crippen LogP contribution in [0.4, 0.5) is 5.82 Å². The fourth-order valence-electron chi connectivity index (χ4n) is 1.37. The normalized spacial score (nSPS) is 10.8. The average Bonchev–Trinajstić information content (AvgIpc) is 2.15. The number of pyridine rings is 1. The number of rotatable bonds is 4. The fourth-order valence-corrected chi connectivity index (χ4v) is 2.23. The number of nitrogens with zero attached hydrogens (tertiary/aromatic N) is 2. The number of hydrogen-bond donors (Lipinski definition) is 1. The van der Waals surface area contributed by atoms with Crippen LogP contribution in [0.15, 0.2) is 16.7 Å². The third-order valence-corrected chi connectivity index (χ3v) is 2.84. The van der Waals surface area contributed by atoms with Gasteiger partial charge in [0.25, 0.3) is 0 Å². The van der Waals surface area contributed by atoms with Gasteiger partial charge in [0.1, 0.15) is 5.82 Å². The summed E-state index contributed by atoms with van der Waals surface area (Å²) in [5.41, 5.74) is 5.57. The van der Waals surface area contributed by atoms with Crippen LogP contribution in [-0.2, 0) is 0 Å². The Kier molecular flexibility index (Phi) is 4.83. The maximum Gasteiger partial charge on any atom is 0.143 e. The molecule has 15 heavy (non-hydrogen) atoms. The van der Waals surface area contributed by atoms with E-state index in [2.05, 4.69) is 39.7 Å². The molecule has 5 heteroatoms. The van der Waals surface area contributed by atoms with E-state index in [1.807, 2.05) is 6.07 Å². The van der Waals surface area contributed by atoms with Gasteiger partial charge in [-0.25, -0.2) is 4.98 Å². The van der Waals surface area contributed by atoms with Crippen molar-refractivity contribution in [3.05, 3.63) is 21.8 Å². The highest BCUT2D eigenvalue weighted by atomic mass is 79.9. The molecule has 0 saturated heterocycles. The van der Waals surface area contributed by atoms with E-state index in [4.69, 9.17) is 17.3 Å². The monoisotopic (exact) mass is 291 g/mol. The smallest absolute Gasteiger partial charge is 0.143 e. The molecule has 0 amide bonds. The maximum absolute atomic E-state index is 5.84. The van der Waals surface area contributed by atoms with E-state index in [0.29, 0.717) is 17.6 Å². The lowest BCUT2D eigenvalue weighted by Gasteiger charge is -2.28. The summed E-state index contributed by atoms with van der Waals surface area (Å²) in [5, 5.41) is 0.627. The average molecular weight is 293 g/mol. The molecule has 0 aliphatic carbocycles. The second-order valence-electron chi connectivity index (χ2n) is 3.53. The van der Waals surface area contributed by atoms with Gasteiger partial charge in [-0.05, 0) is 35.8 Å². The molecule has 0 saturated carbocycles. The molecular weight excluding hydrogens is 277 g/mol. The fraction of sp³-hybridized carbons (Fsp3) is 0.500. The molecule has 0 aromatic carbocycles. The first-order valence-electron chi connectivity index (χ1n) is 4.84. The molecule has 0 atom stereocenters. The lowest BCUT2D eigenvalue weighted by molar-refractivity contribution is 0.673. The van der Waals surface area contributed by atoms with Gasteiger partial charge in [-0.3, -0.25) is 0 Å². The lowest BCUT2D eigenvalue weighted by atomic mass is 10.3. The van der Waals surface area contributed by atoms with E-state index in [9.17, 15) is 0 Å². The van der Waals surface area contributed by atoms with Crippen molar-refractivity contribution in [1.82, 2.24) is 4.98 Å². The summed E-state index contributed by atoms with van der Waals surface area (Å²) in [6.45, 7) is 5.61. The van der Waals surface area contributed by atoms with Crippen molar-refractivity contribution in [2.24, 2.45) is 5.73 Å². The highest BCUT2D eigenvalue weighted by Crippen LogP contribution is 2.27. The van der Waals surface area contributed by atoms with Crippen LogP contribution in [0.25, 0.3) is 0 Å². The second kappa shape index (κ2) is 5.68. The van der Waals surface area contributed by atoms with E-state index in [1.165, 1.54) is 0 Å². The van der Waals surface area contributed by atoms with Crippen LogP contribution in [0.5, 0.6) is 0 Å². The number of aromatic nitrogens is 1. The van der Waals surface area contributed by atoms with Crippen LogP contribution in [0.2, 0.25) is 5.02 Å². The highest BCUT2D eigenvalue weighted by molar-refractivity contribution is 9.10. The Morgan fingerprint density at radius 2 is 2.27 bits per heavy atom. The summed E-state index contributed by atoms with van der Waals surface area (Å²) in [5.74, 6) is 0.889. The third kappa shape index (κ3) is 3.33. The zero-order chi connectivity index (χ0) is 11.4. The summed E-state index contributed by atoms with van der Waals surface area (Å²) in [6, 6.07) is 2.20. The first kappa shape index (κ1) is 12.7. The SMILES string of the molecule is CC(C)N(CCN)c1ncc(Cl)cc1Br. The number of halogens is 2. The van der Waals surface area contributed by atoms with Gasteiger partial charge >= 0.3 is 0 Å². The van der Waals surface area contributed by atoms with Gasteiger partial charge < -0.3 is 10.6 Å². The summed E-state index contributed by atoms with van der Waals surface area (Å²) < 4.78 is 0.900. The van der Waals surface area contributed by atoms with E-state index < -0.39 is 0 Å². The topological polar surface area (TPSA) is 42.1 Å². The van der Waals surface area contributed by atoms with Crippen molar-refractivity contribution in [2.45, 2.75) is 19.9 Å². The van der Waals surface area contributed by atoms with Crippen molar-refractivity contribution in [3.63, 3.8) is 0 Å². The molecule has 0 aliphatic rings. The summed E-state index contributed by atoms with van der Waals surface area (Å²) in [4.78, 5) is 6.45. The Morgan fingerprint density at radius 1 is 1.60 bits per heavy atom. The summed E-state index contributed by atoms with van der Waals surface area (Å²) in [6.07, 6.45) is 1.65. The van der Waals surface area contributed by atoms with E-state index in [-0.39, 0.29) is 0 Å². The van der Waals surface area contributed by atoms with Gasteiger partial charge in [0.2, 0.25) is 0 Å². The van der Waals surface area contributed by atoms with Crippen LogP contribution in [0, 0.1) is 0 Å². The molecule has 0 aliphatic heterocycles. The summed E-state index contributed by atoms with van der Waals surface area (Å²) >= 11 is 9.30. The number of hydrogen-bond acceptors (Lipinski definition) is 3. The summed E-state index contributed by atoms with van der Waals surface area (Å²) in [7, 11) is 0. The van der Waals surface area contributed by atoms with Crippen molar-refractivity contribution >= 4 is 33.3 Å². The molecule has 1 aromatic heterocycles. The molecule has 0 fully saturated rings. The van der Waals surface area contributed by atoms with Gasteiger partial charge in [0.05, 0.1) is 9.50 Å². The molecule has 1 rings (SSSR count). The molecular formula is C10H15BrClN3. The Labute approximate surface area is 104 Å². The second-order valence-corrected chi connectivity index (χ2v) is 4.83. The molecule has 0 spiro atoms. The number of anilines is 1. The Hall–Kier alpha value is -0.320. The van der Waals surface area contributed by atoms with E-state index >= 15 is 0 Å². The third-order valence-electron chi connectivity index (χ3n) is 2.05. The molecule has 1 heterocycles. The van der Waals surface area contributed by atoms with Crippen molar-refractivity contribution < 1.29 is 0 Å². The van der Waals surface area contributed by atoms with Gasteiger partial charge in [-0.15, -0.1) is 0 Å². The lowest BCUT2D eigenvalue weighted by Crippen LogP contribution is -2.36. The van der Waals surface area contributed by atoms with Gasteiger partial charge in [0, 0.05) is 25.3 Å². The zero-order valence-electron chi connectivity index (χ0n) is 8.87. The number of nitrogens with two attached hydrogens (primary N) is 1. The van der Waals surface area contributed by atoms with Crippen molar-refractivity contribution in [2.75, 3.05) is 18.0 Å². The molecule has 0 unspecified atom stereocenters. The van der Waals surface area contributed by atoms with Crippen molar-refractivity contribution in [3.8, 4) is 0 Å². The minimum Gasteiger partial charge on any atom is -0.352 e. The van der Waals surface area contributed by atoms with Gasteiger partial charge in [-0.1, -0.05) is 11.6 Å². The Morgan fingerprint density at radius 3 is 2.73 bits per heavy atom. The molecule has 84 valence electrons. The maximum atomic E-state index is 5.84. The Bertz CT molecular complexity index is 330.